The van der Waals surface area contributed by atoms with Crippen molar-refractivity contribution >= 4 is 15.9 Å². The molecular weight excluding hydrogens is 326 g/mol. The average Bonchev–Trinajstić information content (AvgIpc) is 2.69. The fraction of sp³-hybridized carbons (Fsp3) is 0.471. The number of hydrogen-bond acceptors (Lipinski definition) is 2. The van der Waals surface area contributed by atoms with Crippen LogP contribution in [0.1, 0.15) is 37.2 Å². The maximum atomic E-state index is 4.43. The normalized spacial score (nSPS) is 11.9. The molecule has 0 aliphatic heterocycles. The summed E-state index contributed by atoms with van der Waals surface area (Å²) < 4.78 is 3.05. The van der Waals surface area contributed by atoms with Gasteiger partial charge in [-0.25, -0.2) is 0 Å². The Balaban J connectivity index is 1.92. The van der Waals surface area contributed by atoms with Gasteiger partial charge in [0.2, 0.25) is 0 Å². The summed E-state index contributed by atoms with van der Waals surface area (Å²) in [6, 6.07) is 10.7. The monoisotopic (exact) mass is 349 g/mol. The third-order valence-electron chi connectivity index (χ3n) is 3.88. The summed E-state index contributed by atoms with van der Waals surface area (Å²) in [4.78, 5) is 0. The summed E-state index contributed by atoms with van der Waals surface area (Å²) in [5, 5.41) is 8.08. The first-order valence-corrected chi connectivity index (χ1v) is 8.15. The van der Waals surface area contributed by atoms with Crippen molar-refractivity contribution in [1.29, 1.82) is 0 Å². The van der Waals surface area contributed by atoms with Crippen LogP contribution < -0.4 is 5.32 Å². The van der Waals surface area contributed by atoms with E-state index >= 15 is 0 Å². The summed E-state index contributed by atoms with van der Waals surface area (Å²) in [7, 11) is 1.99. The Morgan fingerprint density at radius 2 is 1.90 bits per heavy atom. The second kappa shape index (κ2) is 6.75. The van der Waals surface area contributed by atoms with Crippen molar-refractivity contribution in [3.05, 3.63) is 51.8 Å². The van der Waals surface area contributed by atoms with E-state index in [-0.39, 0.29) is 5.54 Å². The maximum Gasteiger partial charge on any atom is 0.0739 e. The molecule has 0 radical (unpaired) electrons. The zero-order valence-corrected chi connectivity index (χ0v) is 14.9. The number of nitrogens with one attached hydrogen (secondary N) is 1. The summed E-state index contributed by atoms with van der Waals surface area (Å²) in [6.07, 6.45) is 2.19. The van der Waals surface area contributed by atoms with Crippen LogP contribution in [0.25, 0.3) is 0 Å². The van der Waals surface area contributed by atoms with Crippen molar-refractivity contribution in [2.45, 2.75) is 45.7 Å². The Hall–Kier alpha value is -1.13. The van der Waals surface area contributed by atoms with Gasteiger partial charge in [-0.15, -0.1) is 0 Å². The molecule has 0 saturated carbocycles. The Morgan fingerprint density at radius 3 is 2.48 bits per heavy atom. The van der Waals surface area contributed by atoms with Crippen LogP contribution in [-0.2, 0) is 20.0 Å². The van der Waals surface area contributed by atoms with Crippen molar-refractivity contribution < 1.29 is 0 Å². The maximum absolute atomic E-state index is 4.43. The first-order chi connectivity index (χ1) is 9.89. The van der Waals surface area contributed by atoms with Crippen LogP contribution >= 0.6 is 15.9 Å². The average molecular weight is 350 g/mol. The minimum absolute atomic E-state index is 0.0907. The number of rotatable bonds is 6. The quantitative estimate of drug-likeness (QED) is 0.854. The Morgan fingerprint density at radius 1 is 1.24 bits per heavy atom. The van der Waals surface area contributed by atoms with Gasteiger partial charge in [0.15, 0.2) is 0 Å². The molecule has 1 aromatic carbocycles. The predicted molar refractivity (Wildman–Crippen MR) is 91.3 cm³/mol. The van der Waals surface area contributed by atoms with Crippen molar-refractivity contribution in [1.82, 2.24) is 15.1 Å². The van der Waals surface area contributed by atoms with Gasteiger partial charge in [-0.1, -0.05) is 30.3 Å². The SMILES string of the molecule is Cc1nn(C)c(CNC(C)(C)CCc2ccccc2)c1Br. The Kier molecular flexibility index (Phi) is 5.22. The third kappa shape index (κ3) is 4.42. The lowest BCUT2D eigenvalue weighted by molar-refractivity contribution is 0.355. The van der Waals surface area contributed by atoms with Crippen molar-refractivity contribution in [3.63, 3.8) is 0 Å². The van der Waals surface area contributed by atoms with E-state index in [1.54, 1.807) is 0 Å². The van der Waals surface area contributed by atoms with Crippen LogP contribution in [-0.4, -0.2) is 15.3 Å². The smallest absolute Gasteiger partial charge is 0.0739 e. The minimum atomic E-state index is 0.0907. The standard InChI is InChI=1S/C17H24BrN3/c1-13-16(18)15(21(4)20-13)12-19-17(2,3)11-10-14-8-6-5-7-9-14/h5-9,19H,10-12H2,1-4H3. The first-order valence-electron chi connectivity index (χ1n) is 7.36. The zero-order chi connectivity index (χ0) is 15.5. The van der Waals surface area contributed by atoms with Crippen LogP contribution in [0, 0.1) is 6.92 Å². The summed E-state index contributed by atoms with van der Waals surface area (Å²) in [5.41, 5.74) is 3.72. The molecule has 1 N–H and O–H groups in total. The number of aromatic nitrogens is 2. The molecule has 2 aromatic rings. The summed E-state index contributed by atoms with van der Waals surface area (Å²) >= 11 is 3.62. The second-order valence-corrected chi connectivity index (χ2v) is 6.99. The largest absolute Gasteiger partial charge is 0.306 e. The number of aryl methyl sites for hydroxylation is 3. The molecule has 3 nitrogen and oxygen atoms in total. The van der Waals surface area contributed by atoms with Gasteiger partial charge in [-0.2, -0.15) is 5.10 Å². The fourth-order valence-electron chi connectivity index (χ4n) is 2.39. The van der Waals surface area contributed by atoms with Gasteiger partial charge in [0, 0.05) is 19.1 Å². The van der Waals surface area contributed by atoms with Crippen molar-refractivity contribution in [3.8, 4) is 0 Å². The van der Waals surface area contributed by atoms with Gasteiger partial charge in [-0.05, 0) is 55.1 Å². The lowest BCUT2D eigenvalue weighted by Gasteiger charge is -2.26. The topological polar surface area (TPSA) is 29.9 Å². The van der Waals surface area contributed by atoms with E-state index < -0.39 is 0 Å². The zero-order valence-electron chi connectivity index (χ0n) is 13.3. The molecule has 0 aliphatic carbocycles. The molecule has 0 fully saturated rings. The first kappa shape index (κ1) is 16.2. The van der Waals surface area contributed by atoms with Gasteiger partial charge in [0.25, 0.3) is 0 Å². The van der Waals surface area contributed by atoms with E-state index in [1.165, 1.54) is 11.3 Å². The second-order valence-electron chi connectivity index (χ2n) is 6.19. The summed E-state index contributed by atoms with van der Waals surface area (Å²) in [5.74, 6) is 0. The molecule has 0 amide bonds. The van der Waals surface area contributed by atoms with Crippen LogP contribution in [0.3, 0.4) is 0 Å². The molecule has 0 bridgehead atoms. The molecule has 114 valence electrons. The van der Waals surface area contributed by atoms with Gasteiger partial charge < -0.3 is 5.32 Å². The molecule has 0 unspecified atom stereocenters. The van der Waals surface area contributed by atoms with E-state index in [0.29, 0.717) is 0 Å². The molecule has 21 heavy (non-hydrogen) atoms. The highest BCUT2D eigenvalue weighted by molar-refractivity contribution is 9.10. The van der Waals surface area contributed by atoms with Crippen molar-refractivity contribution in [2.24, 2.45) is 7.05 Å². The van der Waals surface area contributed by atoms with Gasteiger partial charge in [0.1, 0.15) is 0 Å². The summed E-state index contributed by atoms with van der Waals surface area (Å²) in [6.45, 7) is 7.36. The van der Waals surface area contributed by atoms with Crippen LogP contribution in [0.2, 0.25) is 0 Å². The Bertz CT molecular complexity index is 588. The van der Waals surface area contributed by atoms with Crippen LogP contribution in [0.4, 0.5) is 0 Å². The number of nitrogens with zero attached hydrogens (tertiary/aromatic N) is 2. The Labute approximate surface area is 135 Å². The fourth-order valence-corrected chi connectivity index (χ4v) is 2.86. The molecule has 1 heterocycles. The minimum Gasteiger partial charge on any atom is -0.306 e. The number of benzene rings is 1. The highest BCUT2D eigenvalue weighted by Crippen LogP contribution is 2.21. The van der Waals surface area contributed by atoms with Gasteiger partial charge in [0.05, 0.1) is 15.9 Å². The lowest BCUT2D eigenvalue weighted by atomic mass is 9.95. The predicted octanol–water partition coefficient (Wildman–Crippen LogP) is 3.99. The van der Waals surface area contributed by atoms with Gasteiger partial charge in [-0.3, -0.25) is 4.68 Å². The highest BCUT2D eigenvalue weighted by Gasteiger charge is 2.19. The molecule has 4 heteroatoms. The molecule has 0 spiro atoms. The molecular formula is C17H24BrN3. The van der Waals surface area contributed by atoms with E-state index in [1.807, 2.05) is 18.7 Å². The van der Waals surface area contributed by atoms with Crippen molar-refractivity contribution in [2.75, 3.05) is 0 Å². The van der Waals surface area contributed by atoms with Crippen LogP contribution in [0.15, 0.2) is 34.8 Å². The molecule has 2 rings (SSSR count). The molecule has 0 saturated heterocycles. The molecule has 0 atom stereocenters. The van der Waals surface area contributed by atoms with E-state index in [4.69, 9.17) is 0 Å². The lowest BCUT2D eigenvalue weighted by Crippen LogP contribution is -2.39. The van der Waals surface area contributed by atoms with E-state index in [0.717, 1.165) is 29.6 Å². The molecule has 1 aromatic heterocycles. The third-order valence-corrected chi connectivity index (χ3v) is 4.91. The van der Waals surface area contributed by atoms with E-state index in [2.05, 4.69) is 70.5 Å². The van der Waals surface area contributed by atoms with Gasteiger partial charge >= 0.3 is 0 Å². The molecule has 0 aliphatic rings. The number of hydrogen-bond donors (Lipinski definition) is 1. The number of halogens is 1. The van der Waals surface area contributed by atoms with E-state index in [9.17, 15) is 0 Å². The highest BCUT2D eigenvalue weighted by atomic mass is 79.9. The van der Waals surface area contributed by atoms with Crippen LogP contribution in [0.5, 0.6) is 0 Å².